The van der Waals surface area contributed by atoms with E-state index in [0.717, 1.165) is 16.9 Å². The Morgan fingerprint density at radius 2 is 2.00 bits per heavy atom. The summed E-state index contributed by atoms with van der Waals surface area (Å²) in [5.74, 6) is 0.569. The zero-order valence-electron chi connectivity index (χ0n) is 12.6. The Balaban J connectivity index is 1.81. The van der Waals surface area contributed by atoms with Crippen molar-refractivity contribution >= 4 is 23.3 Å². The number of benzene rings is 2. The first kappa shape index (κ1) is 14.8. The van der Waals surface area contributed by atoms with Gasteiger partial charge in [-0.2, -0.15) is 0 Å². The molecule has 1 amide bonds. The van der Waals surface area contributed by atoms with Crippen LogP contribution in [0.2, 0.25) is 5.02 Å². The average molecular weight is 340 g/mol. The first-order valence-corrected chi connectivity index (χ1v) is 7.91. The summed E-state index contributed by atoms with van der Waals surface area (Å²) in [7, 11) is 0. The van der Waals surface area contributed by atoms with E-state index in [2.05, 4.69) is 10.3 Å². The van der Waals surface area contributed by atoms with Crippen molar-refractivity contribution < 1.29 is 9.90 Å². The van der Waals surface area contributed by atoms with Gasteiger partial charge in [-0.05, 0) is 42.0 Å². The Kier molecular flexibility index (Phi) is 3.50. The molecule has 24 heavy (non-hydrogen) atoms. The van der Waals surface area contributed by atoms with Crippen LogP contribution in [-0.2, 0) is 4.79 Å². The molecule has 1 atom stereocenters. The highest BCUT2D eigenvalue weighted by Crippen LogP contribution is 2.38. The van der Waals surface area contributed by atoms with Gasteiger partial charge in [-0.3, -0.25) is 9.36 Å². The number of nitrogens with one attached hydrogen (secondary N) is 1. The molecular formula is C18H14ClN3O2. The van der Waals surface area contributed by atoms with E-state index in [1.165, 1.54) is 0 Å². The Morgan fingerprint density at radius 1 is 1.21 bits per heavy atom. The van der Waals surface area contributed by atoms with Crippen molar-refractivity contribution in [3.63, 3.8) is 0 Å². The number of imidazole rings is 1. The number of rotatable bonds is 2. The third-order valence-electron chi connectivity index (χ3n) is 4.15. The van der Waals surface area contributed by atoms with Gasteiger partial charge >= 0.3 is 0 Å². The first-order valence-electron chi connectivity index (χ1n) is 7.54. The normalized spacial score (nSPS) is 16.5. The number of aromatic nitrogens is 2. The molecule has 0 unspecified atom stereocenters. The number of aromatic hydroxyl groups is 1. The summed E-state index contributed by atoms with van der Waals surface area (Å²) in [5, 5.41) is 13.3. The summed E-state index contributed by atoms with van der Waals surface area (Å²) in [6, 6.07) is 14.3. The zero-order valence-corrected chi connectivity index (χ0v) is 13.4. The van der Waals surface area contributed by atoms with E-state index < -0.39 is 0 Å². The Hall–Kier alpha value is -2.79. The van der Waals surface area contributed by atoms with E-state index in [1.54, 1.807) is 36.7 Å². The van der Waals surface area contributed by atoms with E-state index in [9.17, 15) is 9.90 Å². The molecule has 0 spiro atoms. The van der Waals surface area contributed by atoms with Gasteiger partial charge in [0.1, 0.15) is 17.9 Å². The number of amides is 1. The van der Waals surface area contributed by atoms with Crippen LogP contribution in [0.1, 0.15) is 23.6 Å². The molecule has 2 N–H and O–H groups in total. The van der Waals surface area contributed by atoms with Gasteiger partial charge in [0, 0.05) is 23.0 Å². The van der Waals surface area contributed by atoms with E-state index in [0.29, 0.717) is 17.3 Å². The van der Waals surface area contributed by atoms with Gasteiger partial charge < -0.3 is 10.4 Å². The van der Waals surface area contributed by atoms with E-state index in [-0.39, 0.29) is 17.6 Å². The van der Waals surface area contributed by atoms with Crippen LogP contribution in [0.5, 0.6) is 5.75 Å². The molecule has 1 aromatic heterocycles. The number of phenolic OH excluding ortho intramolecular Hbond substituents is 1. The number of phenols is 1. The molecule has 2 aromatic carbocycles. The van der Waals surface area contributed by atoms with Crippen LogP contribution in [0.4, 0.5) is 5.82 Å². The number of carbonyl (C=O) groups excluding carboxylic acids is 1. The number of anilines is 1. The standard InChI is InChI=1S/C18H14ClN3O2/c19-12-4-6-13(7-5-12)22-10-20-17-15(9-16(24)21-18(17)22)11-2-1-3-14(23)8-11/h1-8,10,15,23H,9H2,(H,21,24)/t15-/m1/s1. The number of fused-ring (bicyclic) bond motifs is 1. The molecule has 5 nitrogen and oxygen atoms in total. The highest BCUT2D eigenvalue weighted by molar-refractivity contribution is 6.30. The summed E-state index contributed by atoms with van der Waals surface area (Å²) in [5.41, 5.74) is 2.52. The zero-order chi connectivity index (χ0) is 16.7. The van der Waals surface area contributed by atoms with Crippen LogP contribution < -0.4 is 5.32 Å². The van der Waals surface area contributed by atoms with Gasteiger partial charge in [0.2, 0.25) is 5.91 Å². The maximum atomic E-state index is 12.2. The number of nitrogens with zero attached hydrogens (tertiary/aromatic N) is 2. The van der Waals surface area contributed by atoms with Crippen LogP contribution in [0.3, 0.4) is 0 Å². The fourth-order valence-electron chi connectivity index (χ4n) is 3.02. The van der Waals surface area contributed by atoms with Crippen LogP contribution >= 0.6 is 11.6 Å². The topological polar surface area (TPSA) is 67.1 Å². The van der Waals surface area contributed by atoms with Gasteiger partial charge in [0.15, 0.2) is 0 Å². The Morgan fingerprint density at radius 3 is 2.75 bits per heavy atom. The molecule has 120 valence electrons. The summed E-state index contributed by atoms with van der Waals surface area (Å²) in [6.45, 7) is 0. The second kappa shape index (κ2) is 5.69. The molecule has 0 saturated heterocycles. The van der Waals surface area contributed by atoms with Crippen LogP contribution in [0.15, 0.2) is 54.9 Å². The predicted molar refractivity (Wildman–Crippen MR) is 91.8 cm³/mol. The lowest BCUT2D eigenvalue weighted by atomic mass is 9.90. The maximum Gasteiger partial charge on any atom is 0.226 e. The summed E-state index contributed by atoms with van der Waals surface area (Å²) < 4.78 is 1.83. The van der Waals surface area contributed by atoms with Crippen molar-refractivity contribution in [2.75, 3.05) is 5.32 Å². The molecule has 4 rings (SSSR count). The minimum atomic E-state index is -0.186. The highest BCUT2D eigenvalue weighted by atomic mass is 35.5. The molecule has 3 aromatic rings. The van der Waals surface area contributed by atoms with Crippen LogP contribution in [0.25, 0.3) is 5.69 Å². The van der Waals surface area contributed by atoms with E-state index in [4.69, 9.17) is 11.6 Å². The predicted octanol–water partition coefficient (Wildman–Crippen LogP) is 3.71. The largest absolute Gasteiger partial charge is 0.508 e. The molecule has 1 aliphatic heterocycles. The van der Waals surface area contributed by atoms with Gasteiger partial charge in [-0.25, -0.2) is 4.98 Å². The molecule has 0 radical (unpaired) electrons. The van der Waals surface area contributed by atoms with Crippen LogP contribution in [-0.4, -0.2) is 20.6 Å². The summed E-state index contributed by atoms with van der Waals surface area (Å²) in [4.78, 5) is 16.7. The number of halogens is 1. The molecule has 0 saturated carbocycles. The van der Waals surface area contributed by atoms with Crippen molar-refractivity contribution in [2.24, 2.45) is 0 Å². The summed E-state index contributed by atoms with van der Waals surface area (Å²) >= 11 is 5.94. The smallest absolute Gasteiger partial charge is 0.226 e. The molecule has 6 heteroatoms. The van der Waals surface area contributed by atoms with Crippen molar-refractivity contribution in [2.45, 2.75) is 12.3 Å². The lowest BCUT2D eigenvalue weighted by Gasteiger charge is -2.23. The maximum absolute atomic E-state index is 12.2. The van der Waals surface area contributed by atoms with Gasteiger partial charge in [-0.15, -0.1) is 0 Å². The molecular weight excluding hydrogens is 326 g/mol. The third kappa shape index (κ3) is 2.53. The molecule has 0 bridgehead atoms. The Bertz CT molecular complexity index is 918. The Labute approximate surface area is 143 Å². The number of hydrogen-bond acceptors (Lipinski definition) is 3. The summed E-state index contributed by atoms with van der Waals surface area (Å²) in [6.07, 6.45) is 1.99. The molecule has 2 heterocycles. The fourth-order valence-corrected chi connectivity index (χ4v) is 3.15. The number of carbonyl (C=O) groups is 1. The second-order valence-electron chi connectivity index (χ2n) is 5.72. The third-order valence-corrected chi connectivity index (χ3v) is 4.40. The van der Waals surface area contributed by atoms with Gasteiger partial charge in [0.05, 0.1) is 5.69 Å². The van der Waals surface area contributed by atoms with Crippen LogP contribution in [0, 0.1) is 0 Å². The number of hydrogen-bond donors (Lipinski definition) is 2. The lowest BCUT2D eigenvalue weighted by Crippen LogP contribution is -2.24. The molecule has 1 aliphatic rings. The van der Waals surface area contributed by atoms with Crippen molar-refractivity contribution in [1.82, 2.24) is 9.55 Å². The second-order valence-corrected chi connectivity index (χ2v) is 6.16. The molecule has 0 fully saturated rings. The molecule has 0 aliphatic carbocycles. The minimum Gasteiger partial charge on any atom is -0.508 e. The van der Waals surface area contributed by atoms with Gasteiger partial charge in [0.25, 0.3) is 0 Å². The van der Waals surface area contributed by atoms with Crippen molar-refractivity contribution in [3.05, 3.63) is 71.1 Å². The highest BCUT2D eigenvalue weighted by Gasteiger charge is 2.31. The SMILES string of the molecule is O=C1C[C@H](c2cccc(O)c2)c2ncn(-c3ccc(Cl)cc3)c2N1. The van der Waals surface area contributed by atoms with Crippen molar-refractivity contribution in [1.29, 1.82) is 0 Å². The van der Waals surface area contributed by atoms with E-state index in [1.807, 2.05) is 22.8 Å². The average Bonchev–Trinajstić information content (AvgIpc) is 2.98. The quantitative estimate of drug-likeness (QED) is 0.748. The van der Waals surface area contributed by atoms with Crippen molar-refractivity contribution in [3.8, 4) is 11.4 Å². The van der Waals surface area contributed by atoms with Gasteiger partial charge in [-0.1, -0.05) is 23.7 Å². The first-order chi connectivity index (χ1) is 11.6. The monoisotopic (exact) mass is 339 g/mol. The minimum absolute atomic E-state index is 0.0773. The lowest BCUT2D eigenvalue weighted by molar-refractivity contribution is -0.116. The van der Waals surface area contributed by atoms with E-state index >= 15 is 0 Å². The fraction of sp³-hybridized carbons (Fsp3) is 0.111.